The van der Waals surface area contributed by atoms with Gasteiger partial charge in [0.05, 0.1) is 28.5 Å². The number of carbonyl (C=O) groups excluding carboxylic acids is 1. The van der Waals surface area contributed by atoms with Gasteiger partial charge in [0.2, 0.25) is 0 Å². The molecule has 9 nitrogen and oxygen atoms in total. The average molecular weight is 630 g/mol. The number of fused-ring (bicyclic) bond motifs is 1. The van der Waals surface area contributed by atoms with Crippen LogP contribution in [-0.4, -0.2) is 74.8 Å². The van der Waals surface area contributed by atoms with Crippen LogP contribution in [0.25, 0.3) is 22.6 Å². The first-order valence-corrected chi connectivity index (χ1v) is 15.8. The highest BCUT2D eigenvalue weighted by Crippen LogP contribution is 2.33. The molecule has 2 N–H and O–H groups in total. The van der Waals surface area contributed by atoms with Gasteiger partial charge in [-0.05, 0) is 73.5 Å². The minimum Gasteiger partial charge on any atom is -0.368 e. The zero-order chi connectivity index (χ0) is 30.0. The molecule has 5 aromatic rings. The van der Waals surface area contributed by atoms with E-state index in [1.54, 1.807) is 0 Å². The van der Waals surface area contributed by atoms with Gasteiger partial charge in [0.1, 0.15) is 11.3 Å². The maximum absolute atomic E-state index is 13.1. The molecule has 0 saturated carbocycles. The van der Waals surface area contributed by atoms with Crippen molar-refractivity contribution in [2.24, 2.45) is 0 Å². The molecular weight excluding hydrogens is 595 g/mol. The van der Waals surface area contributed by atoms with E-state index in [9.17, 15) is 4.79 Å². The lowest BCUT2D eigenvalue weighted by molar-refractivity contribution is 0.208. The number of urea groups is 1. The Morgan fingerprint density at radius 1 is 0.841 bits per heavy atom. The number of aromatic amines is 1. The van der Waals surface area contributed by atoms with E-state index in [1.165, 1.54) is 18.4 Å². The second-order valence-corrected chi connectivity index (χ2v) is 12.3. The monoisotopic (exact) mass is 628 g/mol. The van der Waals surface area contributed by atoms with Gasteiger partial charge in [-0.3, -0.25) is 4.90 Å². The van der Waals surface area contributed by atoms with Gasteiger partial charge in [0.15, 0.2) is 5.65 Å². The number of anilines is 2. The van der Waals surface area contributed by atoms with Crippen molar-refractivity contribution >= 4 is 51.8 Å². The number of aromatic nitrogens is 4. The molecule has 0 radical (unpaired) electrons. The molecule has 4 heterocycles. The Morgan fingerprint density at radius 3 is 2.25 bits per heavy atom. The number of halogens is 2. The van der Waals surface area contributed by atoms with Crippen LogP contribution in [0, 0.1) is 0 Å². The van der Waals surface area contributed by atoms with E-state index in [4.69, 9.17) is 28.2 Å². The summed E-state index contributed by atoms with van der Waals surface area (Å²) >= 11 is 13.1. The summed E-state index contributed by atoms with van der Waals surface area (Å²) in [7, 11) is 0. The molecule has 2 amide bonds. The molecule has 2 aliphatic rings. The molecule has 0 spiro atoms. The predicted octanol–water partition coefficient (Wildman–Crippen LogP) is 6.73. The van der Waals surface area contributed by atoms with Crippen molar-refractivity contribution in [1.29, 1.82) is 0 Å². The minimum atomic E-state index is -0.188. The molecule has 44 heavy (non-hydrogen) atoms. The zero-order valence-electron chi connectivity index (χ0n) is 24.3. The van der Waals surface area contributed by atoms with Crippen molar-refractivity contribution in [3.8, 4) is 11.4 Å². The van der Waals surface area contributed by atoms with Crippen molar-refractivity contribution in [1.82, 2.24) is 29.5 Å². The van der Waals surface area contributed by atoms with E-state index in [2.05, 4.69) is 61.6 Å². The molecule has 226 valence electrons. The summed E-state index contributed by atoms with van der Waals surface area (Å²) in [5.41, 5.74) is 6.58. The normalized spacial score (nSPS) is 15.8. The van der Waals surface area contributed by atoms with Gasteiger partial charge in [0, 0.05) is 44.0 Å². The molecule has 2 aliphatic heterocycles. The molecule has 11 heteroatoms. The quantitative estimate of drug-likeness (QED) is 0.209. The minimum absolute atomic E-state index is 0.188. The summed E-state index contributed by atoms with van der Waals surface area (Å²) in [6.07, 6.45) is 4.28. The number of hydrogen-bond acceptors (Lipinski definition) is 5. The van der Waals surface area contributed by atoms with E-state index in [-0.39, 0.29) is 6.03 Å². The van der Waals surface area contributed by atoms with Crippen molar-refractivity contribution < 1.29 is 4.79 Å². The molecule has 0 bridgehead atoms. The number of rotatable bonds is 7. The third-order valence-corrected chi connectivity index (χ3v) is 9.07. The first-order chi connectivity index (χ1) is 21.5. The Balaban J connectivity index is 0.951. The largest absolute Gasteiger partial charge is 0.368 e. The molecular formula is C33H34Cl2N8O. The van der Waals surface area contributed by atoms with Gasteiger partial charge < -0.3 is 20.1 Å². The fourth-order valence-corrected chi connectivity index (χ4v) is 6.70. The van der Waals surface area contributed by atoms with Crippen molar-refractivity contribution in [3.05, 3.63) is 94.1 Å². The summed E-state index contributed by atoms with van der Waals surface area (Å²) in [4.78, 5) is 27.9. The Bertz CT molecular complexity index is 1730. The number of likely N-dealkylation sites (tertiary alicyclic amines) is 1. The zero-order valence-corrected chi connectivity index (χ0v) is 25.9. The number of amides is 2. The van der Waals surface area contributed by atoms with E-state index < -0.39 is 0 Å². The second kappa shape index (κ2) is 12.5. The maximum atomic E-state index is 13.1. The van der Waals surface area contributed by atoms with E-state index in [0.717, 1.165) is 66.5 Å². The Hall–Kier alpha value is -4.05. The van der Waals surface area contributed by atoms with Crippen LogP contribution in [-0.2, 0) is 13.1 Å². The number of nitrogens with zero attached hydrogens (tertiary/aromatic N) is 6. The smallest absolute Gasteiger partial charge is 0.322 e. The highest BCUT2D eigenvalue weighted by atomic mass is 35.5. The highest BCUT2D eigenvalue weighted by Gasteiger charge is 2.23. The SMILES string of the molecule is O=C(Nc1c(Cl)cc(CN2CCCC2)cc1Cl)N1CCN(c2ccc(-c3nc4c(cnn4Cc4ccccc4)[nH]3)cc2)CC1. The van der Waals surface area contributed by atoms with Crippen molar-refractivity contribution in [2.45, 2.75) is 25.9 Å². The highest BCUT2D eigenvalue weighted by molar-refractivity contribution is 6.39. The van der Waals surface area contributed by atoms with Crippen LogP contribution in [0.2, 0.25) is 10.0 Å². The van der Waals surface area contributed by atoms with E-state index in [0.29, 0.717) is 35.4 Å². The van der Waals surface area contributed by atoms with Gasteiger partial charge in [0.25, 0.3) is 0 Å². The topological polar surface area (TPSA) is 85.3 Å². The number of H-pyrrole nitrogens is 1. The van der Waals surface area contributed by atoms with Crippen LogP contribution < -0.4 is 10.2 Å². The first kappa shape index (κ1) is 28.7. The van der Waals surface area contributed by atoms with Crippen molar-refractivity contribution in [3.63, 3.8) is 0 Å². The summed E-state index contributed by atoms with van der Waals surface area (Å²) in [6, 6.07) is 22.3. The third kappa shape index (κ3) is 6.13. The maximum Gasteiger partial charge on any atom is 0.322 e. The summed E-state index contributed by atoms with van der Waals surface area (Å²) < 4.78 is 1.92. The van der Waals surface area contributed by atoms with E-state index >= 15 is 0 Å². The van der Waals surface area contributed by atoms with Gasteiger partial charge in [-0.25, -0.2) is 14.5 Å². The Kier molecular flexibility index (Phi) is 8.16. The molecule has 3 aromatic carbocycles. The lowest BCUT2D eigenvalue weighted by atomic mass is 10.1. The summed E-state index contributed by atoms with van der Waals surface area (Å²) in [5, 5.41) is 8.39. The molecule has 0 atom stereocenters. The van der Waals surface area contributed by atoms with Gasteiger partial charge in [-0.1, -0.05) is 53.5 Å². The molecule has 2 aromatic heterocycles. The van der Waals surface area contributed by atoms with Crippen LogP contribution in [0.5, 0.6) is 0 Å². The second-order valence-electron chi connectivity index (χ2n) is 11.5. The third-order valence-electron chi connectivity index (χ3n) is 8.47. The average Bonchev–Trinajstić information content (AvgIpc) is 3.79. The first-order valence-electron chi connectivity index (χ1n) is 15.1. The molecule has 2 fully saturated rings. The summed E-state index contributed by atoms with van der Waals surface area (Å²) in [6.45, 7) is 6.32. The number of carbonyl (C=O) groups is 1. The number of benzene rings is 3. The Labute approximate surface area is 266 Å². The number of imidazole rings is 1. The molecule has 0 unspecified atom stereocenters. The molecule has 0 aliphatic carbocycles. The standard InChI is InChI=1S/C33H34Cl2N8O/c34-27-18-24(21-40-12-4-5-13-40)19-28(35)30(27)38-33(44)42-16-14-41(15-17-42)26-10-8-25(9-11-26)31-37-29-20-36-43(32(29)39-31)22-23-6-2-1-3-7-23/h1-3,6-11,18-20H,4-5,12-17,21-22H2,(H,37,39)(H,38,44). The van der Waals surface area contributed by atoms with Crippen molar-refractivity contribution in [2.75, 3.05) is 49.5 Å². The van der Waals surface area contributed by atoms with Crippen LogP contribution in [0.3, 0.4) is 0 Å². The lowest BCUT2D eigenvalue weighted by Gasteiger charge is -2.36. The van der Waals surface area contributed by atoms with Crippen LogP contribution >= 0.6 is 23.2 Å². The Morgan fingerprint density at radius 2 is 1.55 bits per heavy atom. The van der Waals surface area contributed by atoms with Gasteiger partial charge in [-0.15, -0.1) is 0 Å². The predicted molar refractivity (Wildman–Crippen MR) is 177 cm³/mol. The van der Waals surface area contributed by atoms with Gasteiger partial charge >= 0.3 is 6.03 Å². The van der Waals surface area contributed by atoms with Crippen LogP contribution in [0.1, 0.15) is 24.0 Å². The van der Waals surface area contributed by atoms with Crippen LogP contribution in [0.15, 0.2) is 72.9 Å². The fraction of sp³-hybridized carbons (Fsp3) is 0.303. The van der Waals surface area contributed by atoms with Gasteiger partial charge in [-0.2, -0.15) is 5.10 Å². The molecule has 2 saturated heterocycles. The number of hydrogen-bond donors (Lipinski definition) is 2. The number of piperazine rings is 1. The van der Waals surface area contributed by atoms with E-state index in [1.807, 2.05) is 46.1 Å². The summed E-state index contributed by atoms with van der Waals surface area (Å²) in [5.74, 6) is 0.814. The van der Waals surface area contributed by atoms with Crippen LogP contribution in [0.4, 0.5) is 16.2 Å². The fourth-order valence-electron chi connectivity index (χ4n) is 6.07. The number of nitrogens with one attached hydrogen (secondary N) is 2. The lowest BCUT2D eigenvalue weighted by Crippen LogP contribution is -2.50. The molecule has 7 rings (SSSR count).